The van der Waals surface area contributed by atoms with Crippen LogP contribution in [0.3, 0.4) is 0 Å². The van der Waals surface area contributed by atoms with Crippen molar-refractivity contribution in [1.82, 2.24) is 9.21 Å². The Bertz CT molecular complexity index is 974. The lowest BCUT2D eigenvalue weighted by Crippen LogP contribution is -2.32. The first-order valence-corrected chi connectivity index (χ1v) is 10.7. The molecule has 0 spiro atoms. The molecule has 0 fully saturated rings. The molecule has 0 saturated heterocycles. The molecule has 1 aliphatic rings. The first kappa shape index (κ1) is 21.1. The normalized spacial score (nSPS) is 13.1. The zero-order valence-electron chi connectivity index (χ0n) is 16.7. The summed E-state index contributed by atoms with van der Waals surface area (Å²) >= 11 is 0. The maximum atomic E-state index is 12.4. The van der Waals surface area contributed by atoms with Crippen LogP contribution >= 0.6 is 0 Å². The Kier molecular flexibility index (Phi) is 6.41. The van der Waals surface area contributed by atoms with Gasteiger partial charge in [-0.2, -0.15) is 0 Å². The molecule has 2 aromatic carbocycles. The quantitative estimate of drug-likeness (QED) is 0.705. The molecule has 0 atom stereocenters. The number of likely N-dealkylation sites (N-methyl/N-ethyl adjacent to an activating group) is 1. The third-order valence-corrected chi connectivity index (χ3v) is 6.40. The zero-order chi connectivity index (χ0) is 21.0. The lowest BCUT2D eigenvalue weighted by Gasteiger charge is -2.20. The van der Waals surface area contributed by atoms with Crippen molar-refractivity contribution in [2.75, 3.05) is 39.3 Å². The van der Waals surface area contributed by atoms with Crippen LogP contribution in [0.4, 0.5) is 5.69 Å². The zero-order valence-corrected chi connectivity index (χ0v) is 17.5. The molecule has 1 N–H and O–H groups in total. The summed E-state index contributed by atoms with van der Waals surface area (Å²) in [5.74, 6) is 1.28. The Morgan fingerprint density at radius 2 is 1.76 bits per heavy atom. The highest BCUT2D eigenvalue weighted by Crippen LogP contribution is 2.32. The second-order valence-electron chi connectivity index (χ2n) is 6.85. The molecule has 0 aliphatic carbocycles. The van der Waals surface area contributed by atoms with E-state index in [1.807, 2.05) is 30.0 Å². The van der Waals surface area contributed by atoms with Crippen molar-refractivity contribution in [3.63, 3.8) is 0 Å². The van der Waals surface area contributed by atoms with Gasteiger partial charge in [0.15, 0.2) is 11.5 Å². The fraction of sp³-hybridized carbons (Fsp3) is 0.350. The monoisotopic (exact) mass is 419 g/mol. The standard InChI is InChI=1S/C20H25N3O5S/c1-4-23(12-15-5-10-18-19(11-15)28-14-27-18)13-20(24)21-16-6-8-17(9-7-16)29(25,26)22(2)3/h5-11H,4,12-14H2,1-3H3,(H,21,24). The maximum Gasteiger partial charge on any atom is 0.242 e. The van der Waals surface area contributed by atoms with E-state index in [9.17, 15) is 13.2 Å². The van der Waals surface area contributed by atoms with Gasteiger partial charge in [0.1, 0.15) is 0 Å². The number of anilines is 1. The van der Waals surface area contributed by atoms with Gasteiger partial charge in [-0.25, -0.2) is 12.7 Å². The Labute approximate surface area is 171 Å². The molecule has 0 unspecified atom stereocenters. The molecule has 156 valence electrons. The molecular formula is C20H25N3O5S. The molecule has 9 heteroatoms. The molecule has 0 aromatic heterocycles. The fourth-order valence-corrected chi connectivity index (χ4v) is 3.80. The van der Waals surface area contributed by atoms with Crippen molar-refractivity contribution in [3.8, 4) is 11.5 Å². The van der Waals surface area contributed by atoms with E-state index in [1.54, 1.807) is 12.1 Å². The molecule has 1 heterocycles. The number of nitrogens with zero attached hydrogens (tertiary/aromatic N) is 2. The Balaban J connectivity index is 1.59. The molecular weight excluding hydrogens is 394 g/mol. The molecule has 2 aromatic rings. The molecule has 0 bridgehead atoms. The second-order valence-corrected chi connectivity index (χ2v) is 9.00. The minimum absolute atomic E-state index is 0.171. The first-order chi connectivity index (χ1) is 13.8. The highest BCUT2D eigenvalue weighted by atomic mass is 32.2. The minimum Gasteiger partial charge on any atom is -0.454 e. The highest BCUT2D eigenvalue weighted by Gasteiger charge is 2.18. The lowest BCUT2D eigenvalue weighted by molar-refractivity contribution is -0.117. The number of carbonyl (C=O) groups excluding carboxylic acids is 1. The number of hydrogen-bond donors (Lipinski definition) is 1. The number of benzene rings is 2. The smallest absolute Gasteiger partial charge is 0.242 e. The van der Waals surface area contributed by atoms with E-state index < -0.39 is 10.0 Å². The molecule has 29 heavy (non-hydrogen) atoms. The number of ether oxygens (including phenoxy) is 2. The van der Waals surface area contributed by atoms with Crippen LogP contribution in [0.2, 0.25) is 0 Å². The Morgan fingerprint density at radius 1 is 1.07 bits per heavy atom. The van der Waals surface area contributed by atoms with Crippen molar-refractivity contribution in [2.24, 2.45) is 0 Å². The van der Waals surface area contributed by atoms with E-state index >= 15 is 0 Å². The van der Waals surface area contributed by atoms with E-state index in [4.69, 9.17) is 9.47 Å². The van der Waals surface area contributed by atoms with Crippen LogP contribution in [0.25, 0.3) is 0 Å². The van der Waals surface area contributed by atoms with Crippen LogP contribution < -0.4 is 14.8 Å². The summed E-state index contributed by atoms with van der Waals surface area (Å²) in [6.07, 6.45) is 0. The van der Waals surface area contributed by atoms with Crippen LogP contribution in [0, 0.1) is 0 Å². The summed E-state index contributed by atoms with van der Waals surface area (Å²) in [5, 5.41) is 2.81. The summed E-state index contributed by atoms with van der Waals surface area (Å²) in [4.78, 5) is 14.6. The van der Waals surface area contributed by atoms with Gasteiger partial charge in [-0.15, -0.1) is 0 Å². The van der Waals surface area contributed by atoms with Gasteiger partial charge in [0.05, 0.1) is 11.4 Å². The minimum atomic E-state index is -3.49. The van der Waals surface area contributed by atoms with Crippen molar-refractivity contribution in [1.29, 1.82) is 0 Å². The molecule has 3 rings (SSSR count). The molecule has 8 nitrogen and oxygen atoms in total. The molecule has 1 aliphatic heterocycles. The predicted octanol–water partition coefficient (Wildman–Crippen LogP) is 2.13. The number of carbonyl (C=O) groups is 1. The van der Waals surface area contributed by atoms with Gasteiger partial charge in [-0.1, -0.05) is 13.0 Å². The summed E-state index contributed by atoms with van der Waals surface area (Å²) in [7, 11) is -0.537. The van der Waals surface area contributed by atoms with Gasteiger partial charge in [-0.3, -0.25) is 9.69 Å². The van der Waals surface area contributed by atoms with Crippen LogP contribution in [0.15, 0.2) is 47.4 Å². The lowest BCUT2D eigenvalue weighted by atomic mass is 10.2. The van der Waals surface area contributed by atoms with Crippen molar-refractivity contribution in [3.05, 3.63) is 48.0 Å². The van der Waals surface area contributed by atoms with E-state index in [0.29, 0.717) is 18.8 Å². The largest absolute Gasteiger partial charge is 0.454 e. The Hall–Kier alpha value is -2.62. The maximum absolute atomic E-state index is 12.4. The fourth-order valence-electron chi connectivity index (χ4n) is 2.90. The summed E-state index contributed by atoms with van der Waals surface area (Å²) in [5.41, 5.74) is 1.58. The van der Waals surface area contributed by atoms with Gasteiger partial charge >= 0.3 is 0 Å². The number of hydrogen-bond acceptors (Lipinski definition) is 6. The molecule has 0 radical (unpaired) electrons. The van der Waals surface area contributed by atoms with Crippen LogP contribution in [-0.2, 0) is 21.4 Å². The van der Waals surface area contributed by atoms with E-state index in [1.165, 1.54) is 26.2 Å². The van der Waals surface area contributed by atoms with Gasteiger partial charge in [0.25, 0.3) is 0 Å². The first-order valence-electron chi connectivity index (χ1n) is 9.23. The molecule has 1 amide bonds. The van der Waals surface area contributed by atoms with Crippen molar-refractivity contribution < 1.29 is 22.7 Å². The average Bonchev–Trinajstić information content (AvgIpc) is 3.15. The highest BCUT2D eigenvalue weighted by molar-refractivity contribution is 7.89. The average molecular weight is 420 g/mol. The van der Waals surface area contributed by atoms with E-state index in [-0.39, 0.29) is 24.1 Å². The number of sulfonamides is 1. The number of fused-ring (bicyclic) bond motifs is 1. The number of amides is 1. The number of nitrogens with one attached hydrogen (secondary N) is 1. The third-order valence-electron chi connectivity index (χ3n) is 4.57. The number of rotatable bonds is 8. The van der Waals surface area contributed by atoms with E-state index in [0.717, 1.165) is 21.4 Å². The summed E-state index contributed by atoms with van der Waals surface area (Å²) < 4.78 is 36.1. The van der Waals surface area contributed by atoms with Crippen LogP contribution in [0.1, 0.15) is 12.5 Å². The third kappa shape index (κ3) is 5.06. The SMILES string of the molecule is CCN(CC(=O)Nc1ccc(S(=O)(=O)N(C)C)cc1)Cc1ccc2c(c1)OCO2. The van der Waals surface area contributed by atoms with Gasteiger partial charge in [0.2, 0.25) is 22.7 Å². The summed E-state index contributed by atoms with van der Waals surface area (Å²) in [6.45, 7) is 3.72. The second kappa shape index (κ2) is 8.81. The molecule has 0 saturated carbocycles. The van der Waals surface area contributed by atoms with Crippen molar-refractivity contribution >= 4 is 21.6 Å². The predicted molar refractivity (Wildman–Crippen MR) is 109 cm³/mol. The van der Waals surface area contributed by atoms with E-state index in [2.05, 4.69) is 5.32 Å². The van der Waals surface area contributed by atoms with Gasteiger partial charge in [0, 0.05) is 26.3 Å². The van der Waals surface area contributed by atoms with Crippen LogP contribution in [0.5, 0.6) is 11.5 Å². The topological polar surface area (TPSA) is 88.2 Å². The van der Waals surface area contributed by atoms with Gasteiger partial charge < -0.3 is 14.8 Å². The Morgan fingerprint density at radius 3 is 2.41 bits per heavy atom. The van der Waals surface area contributed by atoms with Crippen LogP contribution in [-0.4, -0.2) is 57.5 Å². The summed E-state index contributed by atoms with van der Waals surface area (Å²) in [6, 6.07) is 11.9. The van der Waals surface area contributed by atoms with Gasteiger partial charge in [-0.05, 0) is 48.5 Å². The van der Waals surface area contributed by atoms with Crippen molar-refractivity contribution in [2.45, 2.75) is 18.4 Å².